The summed E-state index contributed by atoms with van der Waals surface area (Å²) in [5.74, 6) is 1.36. The van der Waals surface area contributed by atoms with E-state index in [9.17, 15) is 5.11 Å². The Kier molecular flexibility index (Phi) is 5.63. The van der Waals surface area contributed by atoms with Gasteiger partial charge in [-0.25, -0.2) is 0 Å². The van der Waals surface area contributed by atoms with Gasteiger partial charge in [-0.15, -0.1) is 0 Å². The molecular weight excluding hydrogens is 226 g/mol. The van der Waals surface area contributed by atoms with E-state index in [1.165, 1.54) is 16.7 Å². The van der Waals surface area contributed by atoms with Gasteiger partial charge in [-0.05, 0) is 42.5 Å². The lowest BCUT2D eigenvalue weighted by Gasteiger charge is -2.21. The van der Waals surface area contributed by atoms with Crippen LogP contribution in [0.1, 0.15) is 30.5 Å². The number of aliphatic hydroxyl groups excluding tert-OH is 1. The molecule has 18 heavy (non-hydrogen) atoms. The van der Waals surface area contributed by atoms with Crippen LogP contribution in [0.2, 0.25) is 0 Å². The molecule has 0 aliphatic rings. The lowest BCUT2D eigenvalue weighted by Crippen LogP contribution is -2.36. The van der Waals surface area contributed by atoms with Gasteiger partial charge in [0.15, 0.2) is 0 Å². The second-order valence-corrected chi connectivity index (χ2v) is 5.09. The van der Waals surface area contributed by atoms with E-state index in [1.54, 1.807) is 7.11 Å². The fourth-order valence-corrected chi connectivity index (χ4v) is 2.02. The van der Waals surface area contributed by atoms with E-state index < -0.39 is 0 Å². The highest BCUT2D eigenvalue weighted by Gasteiger charge is 2.12. The summed E-state index contributed by atoms with van der Waals surface area (Å²) in [4.78, 5) is 0. The molecule has 102 valence electrons. The van der Waals surface area contributed by atoms with E-state index in [2.05, 4.69) is 39.1 Å². The summed E-state index contributed by atoms with van der Waals surface area (Å²) in [7, 11) is 1.69. The Labute approximate surface area is 110 Å². The number of benzene rings is 1. The highest BCUT2D eigenvalue weighted by Crippen LogP contribution is 2.23. The van der Waals surface area contributed by atoms with E-state index in [0.29, 0.717) is 5.92 Å². The minimum Gasteiger partial charge on any atom is -0.496 e. The molecule has 2 N–H and O–H groups in total. The first-order valence-electron chi connectivity index (χ1n) is 6.48. The molecule has 0 amide bonds. The molecule has 0 saturated carbocycles. The van der Waals surface area contributed by atoms with Crippen LogP contribution >= 0.6 is 0 Å². The number of nitrogens with one attached hydrogen (secondary N) is 1. The second kappa shape index (κ2) is 6.76. The molecule has 0 saturated heterocycles. The molecule has 0 aromatic heterocycles. The number of hydrogen-bond donors (Lipinski definition) is 2. The quantitative estimate of drug-likeness (QED) is 0.816. The van der Waals surface area contributed by atoms with Gasteiger partial charge in [0.05, 0.1) is 13.7 Å². The van der Waals surface area contributed by atoms with Crippen LogP contribution in [0.3, 0.4) is 0 Å². The average molecular weight is 251 g/mol. The molecule has 0 radical (unpaired) electrons. The van der Waals surface area contributed by atoms with Crippen LogP contribution in [0.5, 0.6) is 5.75 Å². The molecule has 0 heterocycles. The molecular formula is C15H25NO2. The van der Waals surface area contributed by atoms with Gasteiger partial charge in [-0.1, -0.05) is 19.9 Å². The Morgan fingerprint density at radius 3 is 2.39 bits per heavy atom. The van der Waals surface area contributed by atoms with Crippen molar-refractivity contribution in [3.05, 3.63) is 28.8 Å². The van der Waals surface area contributed by atoms with Crippen LogP contribution in [-0.4, -0.2) is 24.9 Å². The van der Waals surface area contributed by atoms with Crippen molar-refractivity contribution >= 4 is 0 Å². The minimum atomic E-state index is 0.145. The van der Waals surface area contributed by atoms with Crippen molar-refractivity contribution in [1.29, 1.82) is 0 Å². The Morgan fingerprint density at radius 1 is 1.22 bits per heavy atom. The van der Waals surface area contributed by atoms with E-state index in [1.807, 2.05) is 6.07 Å². The van der Waals surface area contributed by atoms with Gasteiger partial charge in [-0.2, -0.15) is 0 Å². The summed E-state index contributed by atoms with van der Waals surface area (Å²) in [6, 6.07) is 4.23. The largest absolute Gasteiger partial charge is 0.496 e. The number of rotatable bonds is 6. The highest BCUT2D eigenvalue weighted by atomic mass is 16.5. The molecule has 1 unspecified atom stereocenters. The molecule has 0 fully saturated rings. The molecule has 0 aliphatic carbocycles. The maximum Gasteiger partial charge on any atom is 0.122 e. The molecule has 3 nitrogen and oxygen atoms in total. The Bertz CT molecular complexity index is 388. The van der Waals surface area contributed by atoms with Gasteiger partial charge < -0.3 is 15.2 Å². The summed E-state index contributed by atoms with van der Waals surface area (Å²) < 4.78 is 5.31. The van der Waals surface area contributed by atoms with Crippen molar-refractivity contribution in [1.82, 2.24) is 5.32 Å². The van der Waals surface area contributed by atoms with Gasteiger partial charge in [0.1, 0.15) is 5.75 Å². The Balaban J connectivity index is 2.77. The normalized spacial score (nSPS) is 12.8. The van der Waals surface area contributed by atoms with Crippen molar-refractivity contribution in [2.45, 2.75) is 40.3 Å². The molecule has 1 rings (SSSR count). The highest BCUT2D eigenvalue weighted by molar-refractivity contribution is 5.43. The number of ether oxygens (including phenoxy) is 1. The molecule has 1 aromatic rings. The first kappa shape index (κ1) is 15.0. The van der Waals surface area contributed by atoms with Crippen LogP contribution in [0.4, 0.5) is 0 Å². The van der Waals surface area contributed by atoms with Gasteiger partial charge in [0.2, 0.25) is 0 Å². The maximum atomic E-state index is 9.30. The van der Waals surface area contributed by atoms with Crippen LogP contribution < -0.4 is 10.1 Å². The predicted molar refractivity (Wildman–Crippen MR) is 75.0 cm³/mol. The zero-order valence-corrected chi connectivity index (χ0v) is 12.1. The molecule has 3 heteroatoms. The lowest BCUT2D eigenvalue weighted by atomic mass is 10.0. The van der Waals surface area contributed by atoms with Crippen LogP contribution in [-0.2, 0) is 6.54 Å². The van der Waals surface area contributed by atoms with E-state index in [-0.39, 0.29) is 12.6 Å². The zero-order valence-electron chi connectivity index (χ0n) is 12.1. The summed E-state index contributed by atoms with van der Waals surface area (Å²) in [5, 5.41) is 12.7. The SMILES string of the molecule is COc1ccc(CNC(CO)C(C)C)c(C)c1C. The average Bonchev–Trinajstić information content (AvgIpc) is 2.34. The third-order valence-corrected chi connectivity index (χ3v) is 3.63. The van der Waals surface area contributed by atoms with Gasteiger partial charge in [0, 0.05) is 12.6 Å². The summed E-state index contributed by atoms with van der Waals surface area (Å²) in [5.41, 5.74) is 3.69. The van der Waals surface area contributed by atoms with Crippen LogP contribution in [0.25, 0.3) is 0 Å². The van der Waals surface area contributed by atoms with E-state index in [0.717, 1.165) is 12.3 Å². The van der Waals surface area contributed by atoms with Crippen molar-refractivity contribution in [2.75, 3.05) is 13.7 Å². The summed E-state index contributed by atoms with van der Waals surface area (Å²) >= 11 is 0. The Morgan fingerprint density at radius 2 is 1.89 bits per heavy atom. The molecule has 1 atom stereocenters. The third-order valence-electron chi connectivity index (χ3n) is 3.63. The molecule has 0 bridgehead atoms. The maximum absolute atomic E-state index is 9.30. The zero-order chi connectivity index (χ0) is 13.7. The van der Waals surface area contributed by atoms with Crippen LogP contribution in [0.15, 0.2) is 12.1 Å². The van der Waals surface area contributed by atoms with Crippen molar-refractivity contribution in [3.8, 4) is 5.75 Å². The van der Waals surface area contributed by atoms with Crippen molar-refractivity contribution in [2.24, 2.45) is 5.92 Å². The first-order valence-corrected chi connectivity index (χ1v) is 6.48. The second-order valence-electron chi connectivity index (χ2n) is 5.09. The lowest BCUT2D eigenvalue weighted by molar-refractivity contribution is 0.210. The minimum absolute atomic E-state index is 0.145. The monoisotopic (exact) mass is 251 g/mol. The topological polar surface area (TPSA) is 41.5 Å². The third kappa shape index (κ3) is 3.47. The molecule has 0 spiro atoms. The first-order chi connectivity index (χ1) is 8.51. The van der Waals surface area contributed by atoms with Crippen molar-refractivity contribution in [3.63, 3.8) is 0 Å². The molecule has 1 aromatic carbocycles. The van der Waals surface area contributed by atoms with Gasteiger partial charge in [-0.3, -0.25) is 0 Å². The van der Waals surface area contributed by atoms with Crippen molar-refractivity contribution < 1.29 is 9.84 Å². The fourth-order valence-electron chi connectivity index (χ4n) is 2.02. The van der Waals surface area contributed by atoms with Gasteiger partial charge in [0.25, 0.3) is 0 Å². The van der Waals surface area contributed by atoms with Gasteiger partial charge >= 0.3 is 0 Å². The Hall–Kier alpha value is -1.06. The van der Waals surface area contributed by atoms with E-state index in [4.69, 9.17) is 4.74 Å². The summed E-state index contributed by atoms with van der Waals surface area (Å²) in [6.45, 7) is 9.35. The summed E-state index contributed by atoms with van der Waals surface area (Å²) in [6.07, 6.45) is 0. The standard InChI is InChI=1S/C15H25NO2/c1-10(2)14(9-17)16-8-13-6-7-15(18-5)12(4)11(13)3/h6-7,10,14,16-17H,8-9H2,1-5H3. The molecule has 0 aliphatic heterocycles. The fraction of sp³-hybridized carbons (Fsp3) is 0.600. The van der Waals surface area contributed by atoms with Crippen LogP contribution in [0, 0.1) is 19.8 Å². The predicted octanol–water partition coefficient (Wildman–Crippen LogP) is 2.42. The number of aliphatic hydroxyl groups is 1. The number of hydrogen-bond acceptors (Lipinski definition) is 3. The smallest absolute Gasteiger partial charge is 0.122 e. The van der Waals surface area contributed by atoms with E-state index >= 15 is 0 Å². The number of methoxy groups -OCH3 is 1.